The van der Waals surface area contributed by atoms with Gasteiger partial charge in [0.1, 0.15) is 0 Å². The molecule has 0 aliphatic rings. The van der Waals surface area contributed by atoms with Gasteiger partial charge in [0.15, 0.2) is 0 Å². The summed E-state index contributed by atoms with van der Waals surface area (Å²) in [6.45, 7) is 4.33. The molecule has 0 nitrogen and oxygen atoms in total. The predicted molar refractivity (Wildman–Crippen MR) is 65.2 cm³/mol. The molecule has 0 fully saturated rings. The maximum absolute atomic E-state index is 5.18. The Bertz CT molecular complexity index is 177. The Kier molecular flexibility index (Phi) is 9.86. The van der Waals surface area contributed by atoms with E-state index >= 15 is 0 Å². The number of rotatable bonds is 8. The fourth-order valence-electron chi connectivity index (χ4n) is 1.47. The Hall–Kier alpha value is -0.700. The lowest BCUT2D eigenvalue weighted by molar-refractivity contribution is 0.602. The molecule has 0 saturated carbocycles. The fraction of sp³-hybridized carbons (Fsp3) is 0.714. The molecule has 0 spiro atoms. The van der Waals surface area contributed by atoms with E-state index in [4.69, 9.17) is 6.42 Å². The summed E-state index contributed by atoms with van der Waals surface area (Å²) in [5, 5.41) is 0. The van der Waals surface area contributed by atoms with Crippen molar-refractivity contribution in [1.29, 1.82) is 0 Å². The summed E-state index contributed by atoms with van der Waals surface area (Å²) in [6.07, 6.45) is 17.7. The van der Waals surface area contributed by atoms with Crippen LogP contribution in [0.25, 0.3) is 0 Å². The maximum Gasteiger partial charge on any atom is 0.00860 e. The van der Waals surface area contributed by atoms with Gasteiger partial charge < -0.3 is 0 Å². The SMILES string of the molecule is C#CCCCCCCCCC=C(C)C. The average Bonchev–Trinajstić information content (AvgIpc) is 2.15. The van der Waals surface area contributed by atoms with Crippen molar-refractivity contribution < 1.29 is 0 Å². The van der Waals surface area contributed by atoms with Gasteiger partial charge in [-0.1, -0.05) is 37.3 Å². The van der Waals surface area contributed by atoms with Gasteiger partial charge in [-0.25, -0.2) is 0 Å². The molecule has 0 aromatic heterocycles. The van der Waals surface area contributed by atoms with Crippen molar-refractivity contribution >= 4 is 0 Å². The molecule has 0 bridgehead atoms. The molecule has 0 N–H and O–H groups in total. The summed E-state index contributed by atoms with van der Waals surface area (Å²) < 4.78 is 0. The van der Waals surface area contributed by atoms with Crippen molar-refractivity contribution in [3.05, 3.63) is 11.6 Å². The molecule has 14 heavy (non-hydrogen) atoms. The van der Waals surface area contributed by atoms with Crippen LogP contribution in [0, 0.1) is 12.3 Å². The number of hydrogen-bond acceptors (Lipinski definition) is 0. The highest BCUT2D eigenvalue weighted by molar-refractivity contribution is 4.92. The first-order chi connectivity index (χ1) is 6.77. The molecule has 0 aliphatic carbocycles. The summed E-state index contributed by atoms with van der Waals surface area (Å²) in [6, 6.07) is 0. The molecule has 0 amide bonds. The van der Waals surface area contributed by atoms with Crippen LogP contribution in [0.4, 0.5) is 0 Å². The van der Waals surface area contributed by atoms with E-state index in [-0.39, 0.29) is 0 Å². The standard InChI is InChI=1S/C14H24/c1-4-5-6-7-8-9-10-11-12-13-14(2)3/h1,13H,5-12H2,2-3H3. The van der Waals surface area contributed by atoms with Crippen LogP contribution in [0.3, 0.4) is 0 Å². The largest absolute Gasteiger partial charge is 0.120 e. The molecule has 0 radical (unpaired) electrons. The zero-order valence-corrected chi connectivity index (χ0v) is 9.81. The molecule has 80 valence electrons. The van der Waals surface area contributed by atoms with Gasteiger partial charge in [0.05, 0.1) is 0 Å². The van der Waals surface area contributed by atoms with E-state index in [9.17, 15) is 0 Å². The second-order valence-corrected chi connectivity index (χ2v) is 4.15. The topological polar surface area (TPSA) is 0 Å². The van der Waals surface area contributed by atoms with E-state index in [2.05, 4.69) is 25.8 Å². The van der Waals surface area contributed by atoms with Crippen LogP contribution in [0.15, 0.2) is 11.6 Å². The maximum atomic E-state index is 5.18. The Balaban J connectivity index is 3.00. The van der Waals surface area contributed by atoms with Crippen LogP contribution >= 0.6 is 0 Å². The van der Waals surface area contributed by atoms with Crippen LogP contribution < -0.4 is 0 Å². The molecule has 0 aliphatic heterocycles. The summed E-state index contributed by atoms with van der Waals surface area (Å²) >= 11 is 0. The zero-order valence-electron chi connectivity index (χ0n) is 9.81. The van der Waals surface area contributed by atoms with Gasteiger partial charge in [-0.15, -0.1) is 12.3 Å². The van der Waals surface area contributed by atoms with Gasteiger partial charge in [-0.05, 0) is 33.1 Å². The van der Waals surface area contributed by atoms with Crippen molar-refractivity contribution in [3.8, 4) is 12.3 Å². The average molecular weight is 192 g/mol. The van der Waals surface area contributed by atoms with Crippen LogP contribution in [-0.4, -0.2) is 0 Å². The predicted octanol–water partition coefficient (Wildman–Crippen LogP) is 4.71. The summed E-state index contributed by atoms with van der Waals surface area (Å²) in [5.74, 6) is 2.68. The summed E-state index contributed by atoms with van der Waals surface area (Å²) in [7, 11) is 0. The van der Waals surface area contributed by atoms with Gasteiger partial charge >= 0.3 is 0 Å². The van der Waals surface area contributed by atoms with Crippen molar-refractivity contribution in [3.63, 3.8) is 0 Å². The third-order valence-electron chi connectivity index (χ3n) is 2.33. The number of hydrogen-bond donors (Lipinski definition) is 0. The van der Waals surface area contributed by atoms with Gasteiger partial charge in [0.25, 0.3) is 0 Å². The molecule has 0 aromatic rings. The molecule has 0 rings (SSSR count). The minimum atomic E-state index is 0.956. The van der Waals surface area contributed by atoms with Crippen LogP contribution in [0.1, 0.15) is 65.2 Å². The lowest BCUT2D eigenvalue weighted by Crippen LogP contribution is -1.79. The molecule has 0 saturated heterocycles. The fourth-order valence-corrected chi connectivity index (χ4v) is 1.47. The highest BCUT2D eigenvalue weighted by Gasteiger charge is 1.89. The lowest BCUT2D eigenvalue weighted by Gasteiger charge is -1.99. The minimum Gasteiger partial charge on any atom is -0.120 e. The first-order valence-electron chi connectivity index (χ1n) is 5.84. The van der Waals surface area contributed by atoms with Crippen molar-refractivity contribution in [1.82, 2.24) is 0 Å². The second-order valence-electron chi connectivity index (χ2n) is 4.15. The van der Waals surface area contributed by atoms with Crippen LogP contribution in [0.2, 0.25) is 0 Å². The molecule has 0 heteroatoms. The molecular weight excluding hydrogens is 168 g/mol. The van der Waals surface area contributed by atoms with Crippen LogP contribution in [0.5, 0.6) is 0 Å². The van der Waals surface area contributed by atoms with E-state index in [1.165, 1.54) is 50.5 Å². The number of unbranched alkanes of at least 4 members (excludes halogenated alkanes) is 7. The van der Waals surface area contributed by atoms with E-state index < -0.39 is 0 Å². The van der Waals surface area contributed by atoms with E-state index in [0.717, 1.165) is 6.42 Å². The highest BCUT2D eigenvalue weighted by atomic mass is 14.0. The molecule has 0 atom stereocenters. The lowest BCUT2D eigenvalue weighted by atomic mass is 10.1. The Morgan fingerprint density at radius 3 is 2.14 bits per heavy atom. The number of allylic oxidation sites excluding steroid dienone is 2. The second kappa shape index (κ2) is 10.4. The summed E-state index contributed by atoms with van der Waals surface area (Å²) in [5.41, 5.74) is 1.44. The summed E-state index contributed by atoms with van der Waals surface area (Å²) in [4.78, 5) is 0. The minimum absolute atomic E-state index is 0.956. The smallest absolute Gasteiger partial charge is 0.00860 e. The first kappa shape index (κ1) is 13.3. The molecule has 0 heterocycles. The molecule has 0 unspecified atom stereocenters. The van der Waals surface area contributed by atoms with Crippen molar-refractivity contribution in [2.24, 2.45) is 0 Å². The highest BCUT2D eigenvalue weighted by Crippen LogP contribution is 2.09. The van der Waals surface area contributed by atoms with E-state index in [0.29, 0.717) is 0 Å². The van der Waals surface area contributed by atoms with Crippen molar-refractivity contribution in [2.45, 2.75) is 65.2 Å². The van der Waals surface area contributed by atoms with E-state index in [1.807, 2.05) is 0 Å². The third kappa shape index (κ3) is 11.3. The van der Waals surface area contributed by atoms with Crippen molar-refractivity contribution in [2.75, 3.05) is 0 Å². The monoisotopic (exact) mass is 192 g/mol. The Morgan fingerprint density at radius 2 is 1.57 bits per heavy atom. The quantitative estimate of drug-likeness (QED) is 0.297. The Labute approximate surface area is 89.8 Å². The van der Waals surface area contributed by atoms with Gasteiger partial charge in [-0.2, -0.15) is 0 Å². The molecular formula is C14H24. The molecule has 0 aromatic carbocycles. The van der Waals surface area contributed by atoms with Gasteiger partial charge in [0, 0.05) is 6.42 Å². The Morgan fingerprint density at radius 1 is 1.00 bits per heavy atom. The first-order valence-corrected chi connectivity index (χ1v) is 5.84. The third-order valence-corrected chi connectivity index (χ3v) is 2.33. The van der Waals surface area contributed by atoms with Gasteiger partial charge in [0.2, 0.25) is 0 Å². The van der Waals surface area contributed by atoms with Crippen LogP contribution in [-0.2, 0) is 0 Å². The zero-order chi connectivity index (χ0) is 10.6. The van der Waals surface area contributed by atoms with Gasteiger partial charge in [-0.3, -0.25) is 0 Å². The number of terminal acetylenes is 1. The normalized spacial score (nSPS) is 9.50. The van der Waals surface area contributed by atoms with E-state index in [1.54, 1.807) is 0 Å².